The van der Waals surface area contributed by atoms with E-state index in [9.17, 15) is 4.79 Å². The van der Waals surface area contributed by atoms with Crippen molar-refractivity contribution in [2.75, 3.05) is 19.9 Å². The molecule has 0 aromatic heterocycles. The highest BCUT2D eigenvalue weighted by atomic mass is 16.7. The number of carbonyl (C=O) groups excluding carboxylic acids is 1. The van der Waals surface area contributed by atoms with Crippen molar-refractivity contribution in [1.82, 2.24) is 10.6 Å². The molecule has 2 fully saturated rings. The van der Waals surface area contributed by atoms with Crippen molar-refractivity contribution in [3.8, 4) is 0 Å². The predicted octanol–water partition coefficient (Wildman–Crippen LogP) is 0.328. The summed E-state index contributed by atoms with van der Waals surface area (Å²) in [4.78, 5) is 11.2. The number of hydrogen-bond acceptors (Lipinski definition) is 6. The largest absolute Gasteiger partial charge is 0.434 e. The number of nitrogens with one attached hydrogen (secondary N) is 2. The molecule has 0 bridgehead atoms. The van der Waals surface area contributed by atoms with E-state index in [4.69, 9.17) is 14.2 Å². The molecule has 18 heavy (non-hydrogen) atoms. The Morgan fingerprint density at radius 3 is 3.06 bits per heavy atom. The molecule has 0 aromatic rings. The second-order valence-corrected chi connectivity index (χ2v) is 4.58. The third-order valence-electron chi connectivity index (χ3n) is 3.19. The van der Waals surface area contributed by atoms with Gasteiger partial charge in [-0.1, -0.05) is 0 Å². The molecule has 6 nitrogen and oxygen atoms in total. The van der Waals surface area contributed by atoms with Crippen LogP contribution in [0.4, 0.5) is 0 Å². The summed E-state index contributed by atoms with van der Waals surface area (Å²) in [5, 5.41) is 6.46. The minimum Gasteiger partial charge on any atom is -0.434 e. The van der Waals surface area contributed by atoms with Crippen molar-refractivity contribution < 1.29 is 19.0 Å². The smallest absolute Gasteiger partial charge is 0.309 e. The summed E-state index contributed by atoms with van der Waals surface area (Å²) < 4.78 is 16.1. The zero-order chi connectivity index (χ0) is 12.8. The molecule has 2 heterocycles. The van der Waals surface area contributed by atoms with Crippen LogP contribution in [-0.4, -0.2) is 44.4 Å². The molecule has 0 radical (unpaired) electrons. The van der Waals surface area contributed by atoms with Crippen molar-refractivity contribution in [1.29, 1.82) is 0 Å². The van der Waals surface area contributed by atoms with E-state index in [1.54, 1.807) is 0 Å². The average Bonchev–Trinajstić information content (AvgIpc) is 2.72. The molecule has 0 aromatic carbocycles. The van der Waals surface area contributed by atoms with Crippen molar-refractivity contribution in [2.45, 2.75) is 51.2 Å². The second-order valence-electron chi connectivity index (χ2n) is 4.58. The average molecular weight is 258 g/mol. The van der Waals surface area contributed by atoms with Crippen LogP contribution in [0.25, 0.3) is 0 Å². The monoisotopic (exact) mass is 258 g/mol. The molecule has 1 unspecified atom stereocenters. The molecular weight excluding hydrogens is 236 g/mol. The number of ether oxygens (including phenoxy) is 3. The lowest BCUT2D eigenvalue weighted by molar-refractivity contribution is -0.164. The Balaban J connectivity index is 1.66. The lowest BCUT2D eigenvalue weighted by Gasteiger charge is -2.25. The fourth-order valence-corrected chi connectivity index (χ4v) is 2.24. The minimum atomic E-state index is -0.481. The van der Waals surface area contributed by atoms with Gasteiger partial charge in [-0.15, -0.1) is 0 Å². The van der Waals surface area contributed by atoms with Gasteiger partial charge in [0.2, 0.25) is 6.29 Å². The molecule has 0 spiro atoms. The Labute approximate surface area is 107 Å². The fourth-order valence-electron chi connectivity index (χ4n) is 2.24. The highest BCUT2D eigenvalue weighted by Gasteiger charge is 2.35. The van der Waals surface area contributed by atoms with Crippen LogP contribution in [-0.2, 0) is 19.0 Å². The molecule has 0 aliphatic carbocycles. The molecule has 2 saturated heterocycles. The van der Waals surface area contributed by atoms with Gasteiger partial charge in [-0.05, 0) is 32.7 Å². The molecule has 2 aliphatic heterocycles. The van der Waals surface area contributed by atoms with E-state index < -0.39 is 6.29 Å². The lowest BCUT2D eigenvalue weighted by Crippen LogP contribution is -2.43. The van der Waals surface area contributed by atoms with Crippen LogP contribution in [0.3, 0.4) is 0 Å². The van der Waals surface area contributed by atoms with Crippen molar-refractivity contribution >= 4 is 5.97 Å². The number of cyclic esters (lactones) is 1. The van der Waals surface area contributed by atoms with Gasteiger partial charge in [0.25, 0.3) is 0 Å². The van der Waals surface area contributed by atoms with E-state index in [0.717, 1.165) is 13.0 Å². The van der Waals surface area contributed by atoms with E-state index in [1.807, 2.05) is 6.92 Å². The first-order chi connectivity index (χ1) is 8.79. The van der Waals surface area contributed by atoms with E-state index in [0.29, 0.717) is 19.8 Å². The standard InChI is InChI=1S/C12H22N2O4/c1-2-16-12-9(7-11(15)18-12)14-8-17-10-5-3-4-6-13-10/h9-10,12-14H,2-8H2,1H3/t9-,10?,12+/m0/s1. The van der Waals surface area contributed by atoms with Gasteiger partial charge < -0.3 is 14.2 Å². The summed E-state index contributed by atoms with van der Waals surface area (Å²) in [6.07, 6.45) is 3.43. The maximum Gasteiger partial charge on any atom is 0.309 e. The summed E-state index contributed by atoms with van der Waals surface area (Å²) in [7, 11) is 0. The highest BCUT2D eigenvalue weighted by molar-refractivity contribution is 5.72. The van der Waals surface area contributed by atoms with Crippen LogP contribution in [0.15, 0.2) is 0 Å². The summed E-state index contributed by atoms with van der Waals surface area (Å²) in [5.74, 6) is -0.221. The summed E-state index contributed by atoms with van der Waals surface area (Å²) in [6, 6.07) is -0.110. The van der Waals surface area contributed by atoms with Gasteiger partial charge in [-0.3, -0.25) is 15.4 Å². The first kappa shape index (κ1) is 13.7. The van der Waals surface area contributed by atoms with Crippen LogP contribution in [0, 0.1) is 0 Å². The molecule has 2 N–H and O–H groups in total. The molecule has 2 rings (SSSR count). The summed E-state index contributed by atoms with van der Waals surface area (Å²) in [5.41, 5.74) is 0. The number of carbonyl (C=O) groups is 1. The molecular formula is C12H22N2O4. The first-order valence-corrected chi connectivity index (χ1v) is 6.69. The molecule has 2 aliphatic rings. The van der Waals surface area contributed by atoms with E-state index in [-0.39, 0.29) is 18.2 Å². The van der Waals surface area contributed by atoms with E-state index in [2.05, 4.69) is 10.6 Å². The van der Waals surface area contributed by atoms with Crippen LogP contribution in [0.1, 0.15) is 32.6 Å². The third-order valence-corrected chi connectivity index (χ3v) is 3.19. The van der Waals surface area contributed by atoms with Crippen molar-refractivity contribution in [2.24, 2.45) is 0 Å². The topological polar surface area (TPSA) is 68.8 Å². The van der Waals surface area contributed by atoms with Gasteiger partial charge in [0.05, 0.1) is 19.2 Å². The van der Waals surface area contributed by atoms with Crippen LogP contribution in [0.2, 0.25) is 0 Å². The van der Waals surface area contributed by atoms with Crippen LogP contribution in [0.5, 0.6) is 0 Å². The SMILES string of the molecule is CCO[C@@H]1OC(=O)C[C@@H]1NCOC1CCCCN1. The number of hydrogen-bond donors (Lipinski definition) is 2. The van der Waals surface area contributed by atoms with Gasteiger partial charge in [0.15, 0.2) is 0 Å². The third kappa shape index (κ3) is 3.91. The molecule has 104 valence electrons. The Morgan fingerprint density at radius 1 is 1.44 bits per heavy atom. The Kier molecular flexibility index (Phi) is 5.37. The molecule has 6 heteroatoms. The lowest BCUT2D eigenvalue weighted by atomic mass is 10.1. The fraction of sp³-hybridized carbons (Fsp3) is 0.917. The van der Waals surface area contributed by atoms with E-state index >= 15 is 0 Å². The maximum absolute atomic E-state index is 11.2. The van der Waals surface area contributed by atoms with E-state index in [1.165, 1.54) is 12.8 Å². The minimum absolute atomic E-state index is 0.110. The maximum atomic E-state index is 11.2. The van der Waals surface area contributed by atoms with Crippen molar-refractivity contribution in [3.05, 3.63) is 0 Å². The summed E-state index contributed by atoms with van der Waals surface area (Å²) in [6.45, 7) is 3.83. The Morgan fingerprint density at radius 2 is 2.33 bits per heavy atom. The zero-order valence-electron chi connectivity index (χ0n) is 10.8. The molecule has 0 saturated carbocycles. The zero-order valence-corrected chi connectivity index (χ0v) is 10.8. The molecule has 3 atom stereocenters. The normalized spacial score (nSPS) is 32.5. The summed E-state index contributed by atoms with van der Waals surface area (Å²) >= 11 is 0. The van der Waals surface area contributed by atoms with Gasteiger partial charge in [0, 0.05) is 6.61 Å². The molecule has 0 amide bonds. The predicted molar refractivity (Wildman–Crippen MR) is 64.6 cm³/mol. The van der Waals surface area contributed by atoms with Gasteiger partial charge in [0.1, 0.15) is 6.23 Å². The van der Waals surface area contributed by atoms with Gasteiger partial charge in [-0.25, -0.2) is 0 Å². The Bertz CT molecular complexity index is 269. The second kappa shape index (κ2) is 7.04. The highest BCUT2D eigenvalue weighted by Crippen LogP contribution is 2.16. The van der Waals surface area contributed by atoms with Crippen LogP contribution >= 0.6 is 0 Å². The first-order valence-electron chi connectivity index (χ1n) is 6.69. The van der Waals surface area contributed by atoms with Gasteiger partial charge >= 0.3 is 5.97 Å². The Hall–Kier alpha value is -0.690. The van der Waals surface area contributed by atoms with Crippen molar-refractivity contribution in [3.63, 3.8) is 0 Å². The number of rotatable bonds is 6. The van der Waals surface area contributed by atoms with Gasteiger partial charge in [-0.2, -0.15) is 0 Å². The number of esters is 1. The number of piperidine rings is 1. The quantitative estimate of drug-likeness (QED) is 0.528. The van der Waals surface area contributed by atoms with Crippen LogP contribution < -0.4 is 10.6 Å².